The molecule has 0 aliphatic rings. The van der Waals surface area contributed by atoms with Gasteiger partial charge in [0.2, 0.25) is 0 Å². The summed E-state index contributed by atoms with van der Waals surface area (Å²) in [5.41, 5.74) is 8.25. The molecule has 23 heavy (non-hydrogen) atoms. The first-order chi connectivity index (χ1) is 11.0. The molecule has 3 rings (SSSR count). The highest BCUT2D eigenvalue weighted by molar-refractivity contribution is 5.84. The van der Waals surface area contributed by atoms with Crippen molar-refractivity contribution in [3.8, 4) is 28.1 Å². The van der Waals surface area contributed by atoms with Crippen LogP contribution in [-0.2, 0) is 0 Å². The van der Waals surface area contributed by atoms with Gasteiger partial charge in [-0.05, 0) is 74.2 Å². The summed E-state index contributed by atoms with van der Waals surface area (Å²) in [6.07, 6.45) is 1.75. The Hall–Kier alpha value is -2.61. The molecule has 0 unspecified atom stereocenters. The standard InChI is InChI=1S/C21H21NO/c1-13-9-15(3)20(16(4)10-13)18-12-14(2)11-17(21(18)23)19-7-5-6-8-22-19/h5-12,23H,1-4H3. The maximum atomic E-state index is 10.9. The molecule has 2 heteroatoms. The molecular weight excluding hydrogens is 282 g/mol. The Bertz CT molecular complexity index is 844. The molecule has 0 bridgehead atoms. The molecule has 2 nitrogen and oxygen atoms in total. The second kappa shape index (κ2) is 5.88. The second-order valence-corrected chi connectivity index (χ2v) is 6.20. The second-order valence-electron chi connectivity index (χ2n) is 6.20. The lowest BCUT2D eigenvalue weighted by molar-refractivity contribution is 0.479. The van der Waals surface area contributed by atoms with Gasteiger partial charge >= 0.3 is 0 Å². The molecule has 0 saturated carbocycles. The highest BCUT2D eigenvalue weighted by atomic mass is 16.3. The summed E-state index contributed by atoms with van der Waals surface area (Å²) in [6.45, 7) is 8.34. The van der Waals surface area contributed by atoms with Crippen molar-refractivity contribution in [1.29, 1.82) is 0 Å². The fourth-order valence-electron chi connectivity index (χ4n) is 3.29. The Kier molecular flexibility index (Phi) is 3.91. The molecule has 3 aromatic rings. The van der Waals surface area contributed by atoms with Gasteiger partial charge in [-0.1, -0.05) is 23.8 Å². The first-order valence-electron chi connectivity index (χ1n) is 7.80. The SMILES string of the molecule is Cc1cc(C)c(-c2cc(C)cc(-c3ccccn3)c2O)c(C)c1. The average molecular weight is 303 g/mol. The van der Waals surface area contributed by atoms with E-state index in [1.165, 1.54) is 16.7 Å². The van der Waals surface area contributed by atoms with Crippen LogP contribution in [0, 0.1) is 27.7 Å². The van der Waals surface area contributed by atoms with E-state index in [9.17, 15) is 5.11 Å². The van der Waals surface area contributed by atoms with Crippen molar-refractivity contribution in [2.45, 2.75) is 27.7 Å². The van der Waals surface area contributed by atoms with E-state index in [1.807, 2.05) is 37.3 Å². The lowest BCUT2D eigenvalue weighted by Crippen LogP contribution is -1.94. The van der Waals surface area contributed by atoms with E-state index in [0.717, 1.165) is 27.9 Å². The van der Waals surface area contributed by atoms with Crippen LogP contribution in [0.1, 0.15) is 22.3 Å². The van der Waals surface area contributed by atoms with E-state index >= 15 is 0 Å². The highest BCUT2D eigenvalue weighted by Crippen LogP contribution is 2.41. The van der Waals surface area contributed by atoms with Crippen LogP contribution in [0.3, 0.4) is 0 Å². The third-order valence-electron chi connectivity index (χ3n) is 4.14. The molecular formula is C21H21NO. The van der Waals surface area contributed by atoms with Crippen LogP contribution in [0.4, 0.5) is 0 Å². The number of benzene rings is 2. The highest BCUT2D eigenvalue weighted by Gasteiger charge is 2.16. The average Bonchev–Trinajstić information content (AvgIpc) is 2.50. The largest absolute Gasteiger partial charge is 0.507 e. The molecule has 1 heterocycles. The Balaban J connectivity index is 2.29. The molecule has 0 aliphatic carbocycles. The number of hydrogen-bond acceptors (Lipinski definition) is 2. The van der Waals surface area contributed by atoms with Crippen LogP contribution in [0.15, 0.2) is 48.7 Å². The van der Waals surface area contributed by atoms with Crippen molar-refractivity contribution >= 4 is 0 Å². The van der Waals surface area contributed by atoms with Crippen molar-refractivity contribution in [3.05, 3.63) is 70.9 Å². The van der Waals surface area contributed by atoms with Crippen molar-refractivity contribution in [1.82, 2.24) is 4.98 Å². The summed E-state index contributed by atoms with van der Waals surface area (Å²) in [7, 11) is 0. The minimum Gasteiger partial charge on any atom is -0.507 e. The number of pyridine rings is 1. The van der Waals surface area contributed by atoms with Crippen LogP contribution in [0.5, 0.6) is 5.75 Å². The summed E-state index contributed by atoms with van der Waals surface area (Å²) in [5.74, 6) is 0.296. The van der Waals surface area contributed by atoms with Crippen LogP contribution in [-0.4, -0.2) is 10.1 Å². The Morgan fingerprint density at radius 3 is 2.00 bits per heavy atom. The molecule has 0 spiro atoms. The number of aryl methyl sites for hydroxylation is 4. The van der Waals surface area contributed by atoms with Crippen molar-refractivity contribution < 1.29 is 5.11 Å². The zero-order valence-electron chi connectivity index (χ0n) is 14.0. The lowest BCUT2D eigenvalue weighted by Gasteiger charge is -2.16. The zero-order valence-corrected chi connectivity index (χ0v) is 14.0. The van der Waals surface area contributed by atoms with E-state index in [2.05, 4.69) is 37.9 Å². The van der Waals surface area contributed by atoms with Gasteiger partial charge in [0, 0.05) is 17.3 Å². The lowest BCUT2D eigenvalue weighted by atomic mass is 9.90. The minimum absolute atomic E-state index is 0.296. The number of nitrogens with zero attached hydrogens (tertiary/aromatic N) is 1. The molecule has 0 radical (unpaired) electrons. The van der Waals surface area contributed by atoms with Gasteiger partial charge in [-0.2, -0.15) is 0 Å². The van der Waals surface area contributed by atoms with Gasteiger partial charge in [0.25, 0.3) is 0 Å². The van der Waals surface area contributed by atoms with Gasteiger partial charge < -0.3 is 5.11 Å². The van der Waals surface area contributed by atoms with E-state index in [0.29, 0.717) is 5.75 Å². The van der Waals surface area contributed by atoms with Crippen LogP contribution in [0.25, 0.3) is 22.4 Å². The molecule has 0 fully saturated rings. The Morgan fingerprint density at radius 1 is 0.783 bits per heavy atom. The predicted octanol–water partition coefficient (Wildman–Crippen LogP) is 5.35. The predicted molar refractivity (Wildman–Crippen MR) is 95.7 cm³/mol. The Morgan fingerprint density at radius 2 is 1.39 bits per heavy atom. The number of phenols is 1. The first-order valence-corrected chi connectivity index (χ1v) is 7.80. The van der Waals surface area contributed by atoms with Gasteiger partial charge in [-0.25, -0.2) is 0 Å². The maximum absolute atomic E-state index is 10.9. The summed E-state index contributed by atoms with van der Waals surface area (Å²) < 4.78 is 0. The molecule has 0 amide bonds. The van der Waals surface area contributed by atoms with Gasteiger partial charge in [0.15, 0.2) is 0 Å². The van der Waals surface area contributed by atoms with Crippen molar-refractivity contribution in [2.75, 3.05) is 0 Å². The van der Waals surface area contributed by atoms with Crippen molar-refractivity contribution in [2.24, 2.45) is 0 Å². The minimum atomic E-state index is 0.296. The van der Waals surface area contributed by atoms with Gasteiger partial charge in [0.1, 0.15) is 5.75 Å². The van der Waals surface area contributed by atoms with Gasteiger partial charge in [-0.15, -0.1) is 0 Å². The van der Waals surface area contributed by atoms with E-state index in [1.54, 1.807) is 6.20 Å². The number of rotatable bonds is 2. The maximum Gasteiger partial charge on any atom is 0.132 e. The third-order valence-corrected chi connectivity index (χ3v) is 4.14. The molecule has 0 aliphatic heterocycles. The van der Waals surface area contributed by atoms with E-state index < -0.39 is 0 Å². The summed E-state index contributed by atoms with van der Waals surface area (Å²) in [6, 6.07) is 14.1. The third kappa shape index (κ3) is 2.85. The van der Waals surface area contributed by atoms with Crippen molar-refractivity contribution in [3.63, 3.8) is 0 Å². The molecule has 1 N–H and O–H groups in total. The number of aromatic nitrogens is 1. The summed E-state index contributed by atoms with van der Waals surface area (Å²) >= 11 is 0. The molecule has 116 valence electrons. The van der Waals surface area contributed by atoms with Crippen LogP contribution in [0.2, 0.25) is 0 Å². The van der Waals surface area contributed by atoms with Crippen LogP contribution >= 0.6 is 0 Å². The fourth-order valence-corrected chi connectivity index (χ4v) is 3.29. The number of phenolic OH excluding ortho intramolecular Hbond substituents is 1. The number of aromatic hydroxyl groups is 1. The number of hydrogen-bond donors (Lipinski definition) is 1. The fraction of sp³-hybridized carbons (Fsp3) is 0.190. The van der Waals surface area contributed by atoms with Gasteiger partial charge in [-0.3, -0.25) is 4.98 Å². The smallest absolute Gasteiger partial charge is 0.132 e. The summed E-state index contributed by atoms with van der Waals surface area (Å²) in [5, 5.41) is 10.9. The van der Waals surface area contributed by atoms with Crippen LogP contribution < -0.4 is 0 Å². The van der Waals surface area contributed by atoms with Gasteiger partial charge in [0.05, 0.1) is 5.69 Å². The summed E-state index contributed by atoms with van der Waals surface area (Å²) in [4.78, 5) is 4.38. The molecule has 2 aromatic carbocycles. The Labute approximate surface area is 137 Å². The topological polar surface area (TPSA) is 33.1 Å². The normalized spacial score (nSPS) is 10.8. The zero-order chi connectivity index (χ0) is 16.6. The molecule has 1 aromatic heterocycles. The van der Waals surface area contributed by atoms with E-state index in [-0.39, 0.29) is 0 Å². The monoisotopic (exact) mass is 303 g/mol. The molecule has 0 atom stereocenters. The quantitative estimate of drug-likeness (QED) is 0.691. The first kappa shape index (κ1) is 15.3. The molecule has 0 saturated heterocycles. The van der Waals surface area contributed by atoms with E-state index in [4.69, 9.17) is 0 Å².